The van der Waals surface area contributed by atoms with Crippen molar-refractivity contribution in [2.45, 2.75) is 13.5 Å². The SMILES string of the molecule is CC(=O)c1ccc2c(NCc3ccccc3)nc(Cl)nn12. The van der Waals surface area contributed by atoms with Gasteiger partial charge in [-0.25, -0.2) is 4.52 Å². The van der Waals surface area contributed by atoms with Crippen LogP contribution >= 0.6 is 11.6 Å². The molecule has 21 heavy (non-hydrogen) atoms. The van der Waals surface area contributed by atoms with Crippen molar-refractivity contribution in [1.29, 1.82) is 0 Å². The summed E-state index contributed by atoms with van der Waals surface area (Å²) in [6, 6.07) is 13.5. The van der Waals surface area contributed by atoms with E-state index in [1.165, 1.54) is 11.4 Å². The molecule has 0 aliphatic carbocycles. The molecule has 2 heterocycles. The summed E-state index contributed by atoms with van der Waals surface area (Å²) in [5.74, 6) is 0.533. The van der Waals surface area contributed by atoms with Crippen LogP contribution in [0.25, 0.3) is 5.52 Å². The van der Waals surface area contributed by atoms with Crippen LogP contribution in [-0.2, 0) is 6.54 Å². The standard InChI is InChI=1S/C15H13ClN4O/c1-10(21)12-7-8-13-14(18-15(16)19-20(12)13)17-9-11-5-3-2-4-6-11/h2-8H,9H2,1H3,(H,17,18,19). The summed E-state index contributed by atoms with van der Waals surface area (Å²) in [6.45, 7) is 2.11. The molecule has 0 radical (unpaired) electrons. The normalized spacial score (nSPS) is 10.8. The molecule has 0 spiro atoms. The second-order valence-corrected chi connectivity index (χ2v) is 4.98. The monoisotopic (exact) mass is 300 g/mol. The van der Waals surface area contributed by atoms with E-state index in [2.05, 4.69) is 15.4 Å². The van der Waals surface area contributed by atoms with Crippen molar-refractivity contribution < 1.29 is 4.79 Å². The van der Waals surface area contributed by atoms with Crippen LogP contribution in [0.2, 0.25) is 5.28 Å². The van der Waals surface area contributed by atoms with Crippen molar-refractivity contribution in [2.24, 2.45) is 0 Å². The Morgan fingerprint density at radius 3 is 2.71 bits per heavy atom. The topological polar surface area (TPSA) is 59.3 Å². The number of hydrogen-bond acceptors (Lipinski definition) is 4. The molecule has 0 saturated carbocycles. The van der Waals surface area contributed by atoms with Crippen molar-refractivity contribution in [3.8, 4) is 0 Å². The lowest BCUT2D eigenvalue weighted by atomic mass is 10.2. The summed E-state index contributed by atoms with van der Waals surface area (Å²) in [5.41, 5.74) is 2.33. The Bertz CT molecular complexity index is 798. The molecule has 1 aromatic carbocycles. The predicted octanol–water partition coefficient (Wildman–Crippen LogP) is 3.20. The molecule has 1 N–H and O–H groups in total. The molecule has 0 bridgehead atoms. The van der Waals surface area contributed by atoms with Crippen LogP contribution in [0, 0.1) is 0 Å². The molecular weight excluding hydrogens is 288 g/mol. The summed E-state index contributed by atoms with van der Waals surface area (Å²) >= 11 is 5.94. The smallest absolute Gasteiger partial charge is 0.243 e. The zero-order chi connectivity index (χ0) is 14.8. The van der Waals surface area contributed by atoms with Gasteiger partial charge in [-0.2, -0.15) is 4.98 Å². The van der Waals surface area contributed by atoms with Gasteiger partial charge in [0.15, 0.2) is 11.6 Å². The molecule has 0 unspecified atom stereocenters. The second-order valence-electron chi connectivity index (χ2n) is 4.64. The molecular formula is C15H13ClN4O. The molecule has 2 aromatic heterocycles. The highest BCUT2D eigenvalue weighted by Gasteiger charge is 2.13. The van der Waals surface area contributed by atoms with Crippen LogP contribution in [0.5, 0.6) is 0 Å². The maximum Gasteiger partial charge on any atom is 0.243 e. The summed E-state index contributed by atoms with van der Waals surface area (Å²) < 4.78 is 1.52. The highest BCUT2D eigenvalue weighted by molar-refractivity contribution is 6.28. The first-order valence-corrected chi connectivity index (χ1v) is 6.87. The maximum absolute atomic E-state index is 11.6. The van der Waals surface area contributed by atoms with E-state index in [-0.39, 0.29) is 11.1 Å². The van der Waals surface area contributed by atoms with Crippen molar-refractivity contribution >= 4 is 28.7 Å². The Hall–Kier alpha value is -2.40. The van der Waals surface area contributed by atoms with E-state index >= 15 is 0 Å². The minimum Gasteiger partial charge on any atom is -0.364 e. The van der Waals surface area contributed by atoms with Gasteiger partial charge in [0.25, 0.3) is 0 Å². The fourth-order valence-electron chi connectivity index (χ4n) is 2.15. The number of halogens is 1. The van der Waals surface area contributed by atoms with Crippen LogP contribution < -0.4 is 5.32 Å². The minimum absolute atomic E-state index is 0.0706. The van der Waals surface area contributed by atoms with Crippen molar-refractivity contribution in [3.05, 3.63) is 59.0 Å². The Morgan fingerprint density at radius 2 is 2.00 bits per heavy atom. The quantitative estimate of drug-likeness (QED) is 0.752. The Labute approximate surface area is 126 Å². The zero-order valence-electron chi connectivity index (χ0n) is 11.4. The molecule has 0 aliphatic rings. The third kappa shape index (κ3) is 2.73. The van der Waals surface area contributed by atoms with Crippen molar-refractivity contribution in [1.82, 2.24) is 14.6 Å². The predicted molar refractivity (Wildman–Crippen MR) is 81.8 cm³/mol. The van der Waals surface area contributed by atoms with Gasteiger partial charge in [-0.3, -0.25) is 4.79 Å². The minimum atomic E-state index is -0.0706. The number of Topliss-reactive ketones (excluding diaryl/α,β-unsaturated/α-hetero) is 1. The number of fused-ring (bicyclic) bond motifs is 1. The number of benzene rings is 1. The zero-order valence-corrected chi connectivity index (χ0v) is 12.1. The van der Waals surface area contributed by atoms with Crippen LogP contribution in [0.3, 0.4) is 0 Å². The second kappa shape index (κ2) is 5.54. The van der Waals surface area contributed by atoms with E-state index in [1.807, 2.05) is 30.3 Å². The van der Waals surface area contributed by atoms with Gasteiger partial charge in [0.1, 0.15) is 11.2 Å². The number of ketones is 1. The Morgan fingerprint density at radius 1 is 1.24 bits per heavy atom. The first kappa shape index (κ1) is 13.6. The van der Waals surface area contributed by atoms with Gasteiger partial charge in [-0.1, -0.05) is 30.3 Å². The number of nitrogens with one attached hydrogen (secondary N) is 1. The summed E-state index contributed by atoms with van der Waals surface area (Å²) in [4.78, 5) is 15.8. The largest absolute Gasteiger partial charge is 0.364 e. The number of hydrogen-bond donors (Lipinski definition) is 1. The number of rotatable bonds is 4. The lowest BCUT2D eigenvalue weighted by Gasteiger charge is -2.08. The number of aromatic nitrogens is 3. The summed E-state index contributed by atoms with van der Waals surface area (Å²) in [7, 11) is 0. The summed E-state index contributed by atoms with van der Waals surface area (Å²) in [5, 5.41) is 7.41. The average molecular weight is 301 g/mol. The van der Waals surface area contributed by atoms with Gasteiger partial charge in [0, 0.05) is 13.5 Å². The van der Waals surface area contributed by atoms with Gasteiger partial charge in [0.05, 0.1) is 0 Å². The van der Waals surface area contributed by atoms with E-state index in [0.29, 0.717) is 18.1 Å². The number of carbonyl (C=O) groups is 1. The molecule has 0 amide bonds. The fourth-order valence-corrected chi connectivity index (χ4v) is 2.31. The molecule has 0 fully saturated rings. The lowest BCUT2D eigenvalue weighted by Crippen LogP contribution is -2.08. The van der Waals surface area contributed by atoms with Crippen molar-refractivity contribution in [3.63, 3.8) is 0 Å². The van der Waals surface area contributed by atoms with Crippen LogP contribution in [0.1, 0.15) is 23.0 Å². The lowest BCUT2D eigenvalue weighted by molar-refractivity contribution is 0.101. The Balaban J connectivity index is 1.97. The first-order chi connectivity index (χ1) is 10.1. The molecule has 0 saturated heterocycles. The van der Waals surface area contributed by atoms with Gasteiger partial charge in [-0.05, 0) is 29.3 Å². The highest BCUT2D eigenvalue weighted by Crippen LogP contribution is 2.20. The van der Waals surface area contributed by atoms with Gasteiger partial charge < -0.3 is 5.32 Å². The molecule has 5 nitrogen and oxygen atoms in total. The van der Waals surface area contributed by atoms with Crippen LogP contribution in [0.4, 0.5) is 5.82 Å². The number of anilines is 1. The van der Waals surface area contributed by atoms with Gasteiger partial charge >= 0.3 is 0 Å². The third-order valence-corrected chi connectivity index (χ3v) is 3.31. The average Bonchev–Trinajstić information content (AvgIpc) is 2.89. The van der Waals surface area contributed by atoms with Gasteiger partial charge in [0.2, 0.25) is 5.28 Å². The van der Waals surface area contributed by atoms with E-state index in [9.17, 15) is 4.79 Å². The van der Waals surface area contributed by atoms with E-state index in [0.717, 1.165) is 11.1 Å². The summed E-state index contributed by atoms with van der Waals surface area (Å²) in [6.07, 6.45) is 0. The van der Waals surface area contributed by atoms with Gasteiger partial charge in [-0.15, -0.1) is 5.10 Å². The first-order valence-electron chi connectivity index (χ1n) is 6.49. The van der Waals surface area contributed by atoms with E-state index in [4.69, 9.17) is 11.6 Å². The van der Waals surface area contributed by atoms with E-state index in [1.54, 1.807) is 12.1 Å². The van der Waals surface area contributed by atoms with Crippen molar-refractivity contribution in [2.75, 3.05) is 5.32 Å². The molecule has 106 valence electrons. The van der Waals surface area contributed by atoms with E-state index < -0.39 is 0 Å². The molecule has 6 heteroatoms. The molecule has 0 aliphatic heterocycles. The molecule has 3 rings (SSSR count). The maximum atomic E-state index is 11.6. The molecule has 3 aromatic rings. The number of nitrogens with zero attached hydrogens (tertiary/aromatic N) is 3. The molecule has 0 atom stereocenters. The van der Waals surface area contributed by atoms with Crippen LogP contribution in [-0.4, -0.2) is 20.4 Å². The highest BCUT2D eigenvalue weighted by atomic mass is 35.5. The fraction of sp³-hybridized carbons (Fsp3) is 0.133. The van der Waals surface area contributed by atoms with Crippen LogP contribution in [0.15, 0.2) is 42.5 Å². The number of carbonyl (C=O) groups excluding carboxylic acids is 1. The Kier molecular flexibility index (Phi) is 3.58. The third-order valence-electron chi connectivity index (χ3n) is 3.15.